The van der Waals surface area contributed by atoms with Crippen LogP contribution in [0.1, 0.15) is 33.0 Å². The molecule has 1 N–H and O–H groups in total. The monoisotopic (exact) mass is 370 g/mol. The average molecular weight is 370 g/mol. The highest BCUT2D eigenvalue weighted by molar-refractivity contribution is 6.22. The molecule has 0 spiro atoms. The molecule has 2 heterocycles. The molecule has 2 aliphatic heterocycles. The smallest absolute Gasteiger partial charge is 0.298 e. The van der Waals surface area contributed by atoms with Crippen LogP contribution in [-0.4, -0.2) is 28.7 Å². The minimum Gasteiger partial charge on any atom is -0.364 e. The minimum atomic E-state index is -0.797. The SMILES string of the molecule is N#Cc1ccc(C2C3=C(c4ccccc4C3=O)N3CCNC3=C2[N+](=O)[O-])cc1. The summed E-state index contributed by atoms with van der Waals surface area (Å²) >= 11 is 0. The van der Waals surface area contributed by atoms with Gasteiger partial charge in [0.2, 0.25) is 0 Å². The fourth-order valence-electron chi connectivity index (χ4n) is 4.33. The Morgan fingerprint density at radius 3 is 2.54 bits per heavy atom. The van der Waals surface area contributed by atoms with Crippen molar-refractivity contribution in [3.05, 3.63) is 98.0 Å². The number of nitriles is 1. The van der Waals surface area contributed by atoms with Gasteiger partial charge in [-0.05, 0) is 17.7 Å². The summed E-state index contributed by atoms with van der Waals surface area (Å²) in [6.45, 7) is 1.13. The Balaban J connectivity index is 1.79. The first-order chi connectivity index (χ1) is 13.6. The van der Waals surface area contributed by atoms with Crippen molar-refractivity contribution in [2.45, 2.75) is 5.92 Å². The summed E-state index contributed by atoms with van der Waals surface area (Å²) in [6, 6.07) is 16.0. The number of carbonyl (C=O) groups is 1. The van der Waals surface area contributed by atoms with E-state index in [9.17, 15) is 14.9 Å². The summed E-state index contributed by atoms with van der Waals surface area (Å²) in [7, 11) is 0. The van der Waals surface area contributed by atoms with Crippen molar-refractivity contribution in [3.63, 3.8) is 0 Å². The third kappa shape index (κ3) is 2.06. The first-order valence-corrected chi connectivity index (χ1v) is 8.90. The second kappa shape index (κ2) is 5.79. The van der Waals surface area contributed by atoms with Gasteiger partial charge in [-0.25, -0.2) is 0 Å². The lowest BCUT2D eigenvalue weighted by Gasteiger charge is -2.30. The van der Waals surface area contributed by atoms with E-state index >= 15 is 0 Å². The number of benzene rings is 2. The average Bonchev–Trinajstić information content (AvgIpc) is 3.30. The van der Waals surface area contributed by atoms with E-state index in [1.54, 1.807) is 36.4 Å². The lowest BCUT2D eigenvalue weighted by molar-refractivity contribution is -0.431. The van der Waals surface area contributed by atoms with Gasteiger partial charge in [0.05, 0.1) is 22.3 Å². The number of hydrogen-bond acceptors (Lipinski definition) is 6. The Morgan fingerprint density at radius 2 is 1.86 bits per heavy atom. The fourth-order valence-corrected chi connectivity index (χ4v) is 4.33. The largest absolute Gasteiger partial charge is 0.364 e. The Bertz CT molecular complexity index is 1150. The van der Waals surface area contributed by atoms with Gasteiger partial charge in [0, 0.05) is 29.8 Å². The number of ketones is 1. The van der Waals surface area contributed by atoms with Gasteiger partial charge < -0.3 is 10.2 Å². The highest BCUT2D eigenvalue weighted by Gasteiger charge is 2.50. The second-order valence-electron chi connectivity index (χ2n) is 6.87. The zero-order valence-electron chi connectivity index (χ0n) is 14.7. The Hall–Kier alpha value is -3.92. The molecule has 1 aliphatic carbocycles. The normalized spacial score (nSPS) is 19.8. The van der Waals surface area contributed by atoms with E-state index in [1.807, 2.05) is 17.0 Å². The van der Waals surface area contributed by atoms with Crippen LogP contribution in [0.3, 0.4) is 0 Å². The molecule has 0 saturated carbocycles. The molecule has 2 aromatic carbocycles. The summed E-state index contributed by atoms with van der Waals surface area (Å²) in [5.74, 6) is -0.526. The van der Waals surface area contributed by atoms with Gasteiger partial charge in [-0.3, -0.25) is 14.9 Å². The molecule has 7 heteroatoms. The van der Waals surface area contributed by atoms with E-state index in [-0.39, 0.29) is 11.5 Å². The number of carbonyl (C=O) groups excluding carboxylic acids is 1. The highest BCUT2D eigenvalue weighted by Crippen LogP contribution is 2.50. The van der Waals surface area contributed by atoms with Crippen LogP contribution in [0.4, 0.5) is 0 Å². The third-order valence-corrected chi connectivity index (χ3v) is 5.47. The molecule has 1 atom stereocenters. The molecular weight excluding hydrogens is 356 g/mol. The first kappa shape index (κ1) is 16.3. The fraction of sp³-hybridized carbons (Fsp3) is 0.143. The van der Waals surface area contributed by atoms with Crippen molar-refractivity contribution in [2.24, 2.45) is 0 Å². The zero-order chi connectivity index (χ0) is 19.4. The van der Waals surface area contributed by atoms with E-state index in [2.05, 4.69) is 11.4 Å². The molecule has 0 aromatic heterocycles. The zero-order valence-corrected chi connectivity index (χ0v) is 14.7. The van der Waals surface area contributed by atoms with E-state index in [1.165, 1.54) is 0 Å². The van der Waals surface area contributed by atoms with Gasteiger partial charge in [0.1, 0.15) is 5.92 Å². The summed E-state index contributed by atoms with van der Waals surface area (Å²) in [5.41, 5.74) is 3.63. The Kier molecular flexibility index (Phi) is 3.36. The van der Waals surface area contributed by atoms with Crippen LogP contribution < -0.4 is 5.32 Å². The molecule has 1 saturated heterocycles. The molecular formula is C21H14N4O3. The number of nitrogens with one attached hydrogen (secondary N) is 1. The van der Waals surface area contributed by atoms with E-state index in [0.29, 0.717) is 41.2 Å². The number of hydrogen-bond donors (Lipinski definition) is 1. The van der Waals surface area contributed by atoms with Gasteiger partial charge >= 0.3 is 0 Å². The van der Waals surface area contributed by atoms with Gasteiger partial charge in [-0.15, -0.1) is 0 Å². The van der Waals surface area contributed by atoms with Gasteiger partial charge in [0.15, 0.2) is 11.6 Å². The number of fused-ring (bicyclic) bond motifs is 4. The van der Waals surface area contributed by atoms with Crippen LogP contribution in [0.25, 0.3) is 5.70 Å². The van der Waals surface area contributed by atoms with Crippen molar-refractivity contribution in [1.29, 1.82) is 5.26 Å². The summed E-state index contributed by atoms with van der Waals surface area (Å²) in [4.78, 5) is 26.8. The molecule has 0 radical (unpaired) electrons. The van der Waals surface area contributed by atoms with Crippen molar-refractivity contribution in [3.8, 4) is 6.07 Å². The molecule has 0 bridgehead atoms. The molecule has 136 valence electrons. The van der Waals surface area contributed by atoms with Gasteiger partial charge in [-0.1, -0.05) is 36.4 Å². The highest BCUT2D eigenvalue weighted by atomic mass is 16.6. The quantitative estimate of drug-likeness (QED) is 0.644. The number of Topliss-reactive ketones (excluding diaryl/α,β-unsaturated/α-hetero) is 1. The van der Waals surface area contributed by atoms with Crippen LogP contribution in [0.15, 0.2) is 65.6 Å². The molecule has 2 aromatic rings. The molecule has 28 heavy (non-hydrogen) atoms. The standard InChI is InChI=1S/C21H14N4O3/c22-11-12-5-7-13(8-6-12)16-17-18(14-3-1-2-4-15(14)20(17)26)24-10-9-23-21(24)19(16)25(27)28/h1-8,16,23H,9-10H2. The van der Waals surface area contributed by atoms with Crippen molar-refractivity contribution in [1.82, 2.24) is 10.2 Å². The maximum atomic E-state index is 13.3. The Labute approximate surface area is 160 Å². The number of rotatable bonds is 2. The molecule has 3 aliphatic rings. The van der Waals surface area contributed by atoms with Crippen molar-refractivity contribution < 1.29 is 9.72 Å². The minimum absolute atomic E-state index is 0.0258. The molecule has 1 fully saturated rings. The molecule has 1 unspecified atom stereocenters. The van der Waals surface area contributed by atoms with Crippen molar-refractivity contribution in [2.75, 3.05) is 13.1 Å². The predicted molar refractivity (Wildman–Crippen MR) is 100 cm³/mol. The van der Waals surface area contributed by atoms with Crippen LogP contribution >= 0.6 is 0 Å². The van der Waals surface area contributed by atoms with Gasteiger partial charge in [0.25, 0.3) is 5.70 Å². The molecule has 5 rings (SSSR count). The van der Waals surface area contributed by atoms with Crippen LogP contribution in [-0.2, 0) is 0 Å². The second-order valence-corrected chi connectivity index (χ2v) is 6.87. The number of allylic oxidation sites excluding steroid dienone is 1. The number of nitrogens with zero attached hydrogens (tertiary/aromatic N) is 3. The van der Waals surface area contributed by atoms with E-state index in [0.717, 1.165) is 11.3 Å². The first-order valence-electron chi connectivity index (χ1n) is 8.90. The lowest BCUT2D eigenvalue weighted by Crippen LogP contribution is -2.32. The summed E-state index contributed by atoms with van der Waals surface area (Å²) < 4.78 is 0. The topological polar surface area (TPSA) is 99.3 Å². The maximum absolute atomic E-state index is 13.3. The van der Waals surface area contributed by atoms with Crippen LogP contribution in [0.2, 0.25) is 0 Å². The van der Waals surface area contributed by atoms with Crippen LogP contribution in [0, 0.1) is 21.4 Å². The van der Waals surface area contributed by atoms with Crippen molar-refractivity contribution >= 4 is 11.5 Å². The maximum Gasteiger partial charge on any atom is 0.298 e. The molecule has 7 nitrogen and oxygen atoms in total. The van der Waals surface area contributed by atoms with E-state index < -0.39 is 10.8 Å². The number of nitro groups is 1. The summed E-state index contributed by atoms with van der Waals surface area (Å²) in [6.07, 6.45) is 0. The lowest BCUT2D eigenvalue weighted by atomic mass is 9.83. The Morgan fingerprint density at radius 1 is 1.14 bits per heavy atom. The van der Waals surface area contributed by atoms with E-state index in [4.69, 9.17) is 5.26 Å². The van der Waals surface area contributed by atoms with Crippen LogP contribution in [0.5, 0.6) is 0 Å². The third-order valence-electron chi connectivity index (χ3n) is 5.47. The molecule has 0 amide bonds. The summed E-state index contributed by atoms with van der Waals surface area (Å²) in [5, 5.41) is 24.3. The van der Waals surface area contributed by atoms with Gasteiger partial charge in [-0.2, -0.15) is 5.26 Å². The predicted octanol–water partition coefficient (Wildman–Crippen LogP) is 2.61.